The van der Waals surface area contributed by atoms with Gasteiger partial charge in [0.2, 0.25) is 0 Å². The molecule has 1 aliphatic heterocycles. The van der Waals surface area contributed by atoms with Crippen LogP contribution in [0.3, 0.4) is 0 Å². The second-order valence-corrected chi connectivity index (χ2v) is 4.76. The predicted octanol–water partition coefficient (Wildman–Crippen LogP) is 0.409. The largest absolute Gasteiger partial charge is 0.326 e. The summed E-state index contributed by atoms with van der Waals surface area (Å²) in [5.74, 6) is 0.810. The lowest BCUT2D eigenvalue weighted by atomic mass is 9.98. The van der Waals surface area contributed by atoms with E-state index in [2.05, 4.69) is 10.2 Å². The van der Waals surface area contributed by atoms with Gasteiger partial charge in [-0.3, -0.25) is 4.90 Å². The summed E-state index contributed by atoms with van der Waals surface area (Å²) in [6.45, 7) is 5.75. The molecule has 0 spiro atoms. The van der Waals surface area contributed by atoms with Crippen LogP contribution in [0.5, 0.6) is 0 Å². The molecule has 14 heavy (non-hydrogen) atoms. The molecule has 2 fully saturated rings. The zero-order valence-corrected chi connectivity index (χ0v) is 9.04. The van der Waals surface area contributed by atoms with Crippen LogP contribution in [0.15, 0.2) is 0 Å². The van der Waals surface area contributed by atoms with Gasteiger partial charge in [0.15, 0.2) is 0 Å². The van der Waals surface area contributed by atoms with Crippen molar-refractivity contribution in [3.63, 3.8) is 0 Å². The van der Waals surface area contributed by atoms with Crippen LogP contribution < -0.4 is 11.1 Å². The zero-order valence-electron chi connectivity index (χ0n) is 9.04. The van der Waals surface area contributed by atoms with Crippen molar-refractivity contribution in [2.75, 3.05) is 32.7 Å². The Kier molecular flexibility index (Phi) is 3.79. The standard InChI is InChI=1S/C11H23N3/c12-11(10-3-1-2-4-10)9-14-7-5-13-6-8-14/h10-11,13H,1-9,12H2. The van der Waals surface area contributed by atoms with Crippen LogP contribution in [0, 0.1) is 5.92 Å². The van der Waals surface area contributed by atoms with Crippen molar-refractivity contribution in [3.8, 4) is 0 Å². The van der Waals surface area contributed by atoms with Crippen molar-refractivity contribution < 1.29 is 0 Å². The zero-order chi connectivity index (χ0) is 9.80. The summed E-state index contributed by atoms with van der Waals surface area (Å²) >= 11 is 0. The van der Waals surface area contributed by atoms with Gasteiger partial charge in [-0.05, 0) is 18.8 Å². The summed E-state index contributed by atoms with van der Waals surface area (Å²) < 4.78 is 0. The molecule has 3 nitrogen and oxygen atoms in total. The number of piperazine rings is 1. The minimum absolute atomic E-state index is 0.426. The van der Waals surface area contributed by atoms with Crippen LogP contribution >= 0.6 is 0 Å². The topological polar surface area (TPSA) is 41.3 Å². The Balaban J connectivity index is 1.72. The first-order valence-electron chi connectivity index (χ1n) is 6.05. The van der Waals surface area contributed by atoms with Gasteiger partial charge in [-0.15, -0.1) is 0 Å². The molecule has 0 bridgehead atoms. The Hall–Kier alpha value is -0.120. The van der Waals surface area contributed by atoms with E-state index in [9.17, 15) is 0 Å². The molecule has 82 valence electrons. The number of rotatable bonds is 3. The van der Waals surface area contributed by atoms with Crippen LogP contribution in [0.4, 0.5) is 0 Å². The highest BCUT2D eigenvalue weighted by atomic mass is 15.2. The third-order valence-electron chi connectivity index (χ3n) is 3.68. The maximum absolute atomic E-state index is 6.25. The van der Waals surface area contributed by atoms with Gasteiger partial charge in [-0.2, -0.15) is 0 Å². The molecule has 1 unspecified atom stereocenters. The van der Waals surface area contributed by atoms with Gasteiger partial charge < -0.3 is 11.1 Å². The van der Waals surface area contributed by atoms with Crippen LogP contribution in [0.1, 0.15) is 25.7 Å². The van der Waals surface area contributed by atoms with Gasteiger partial charge >= 0.3 is 0 Å². The number of nitrogens with one attached hydrogen (secondary N) is 1. The van der Waals surface area contributed by atoms with E-state index >= 15 is 0 Å². The fourth-order valence-corrected chi connectivity index (χ4v) is 2.73. The van der Waals surface area contributed by atoms with E-state index in [0.29, 0.717) is 6.04 Å². The third kappa shape index (κ3) is 2.69. The Labute approximate surface area is 87.0 Å². The molecule has 1 aliphatic carbocycles. The molecule has 0 aromatic rings. The summed E-state index contributed by atoms with van der Waals surface area (Å²) in [7, 11) is 0. The normalized spacial score (nSPS) is 28.1. The Morgan fingerprint density at radius 2 is 1.86 bits per heavy atom. The molecular formula is C11H23N3. The van der Waals surface area contributed by atoms with E-state index in [1.165, 1.54) is 38.8 Å². The minimum atomic E-state index is 0.426. The van der Waals surface area contributed by atoms with Crippen molar-refractivity contribution in [2.24, 2.45) is 11.7 Å². The summed E-state index contributed by atoms with van der Waals surface area (Å²) in [4.78, 5) is 2.51. The molecule has 0 amide bonds. The first-order chi connectivity index (χ1) is 6.86. The lowest BCUT2D eigenvalue weighted by Crippen LogP contribution is -2.49. The summed E-state index contributed by atoms with van der Waals surface area (Å²) in [6, 6.07) is 0.426. The minimum Gasteiger partial charge on any atom is -0.326 e. The second kappa shape index (κ2) is 5.10. The third-order valence-corrected chi connectivity index (χ3v) is 3.68. The molecule has 1 saturated carbocycles. The van der Waals surface area contributed by atoms with E-state index in [4.69, 9.17) is 5.73 Å². The lowest BCUT2D eigenvalue weighted by Gasteiger charge is -2.31. The number of hydrogen-bond donors (Lipinski definition) is 2. The first-order valence-corrected chi connectivity index (χ1v) is 6.05. The van der Waals surface area contributed by atoms with E-state index in [1.807, 2.05) is 0 Å². The maximum atomic E-state index is 6.25. The average Bonchev–Trinajstić information content (AvgIpc) is 2.72. The Bertz CT molecular complexity index is 160. The van der Waals surface area contributed by atoms with Gasteiger partial charge in [0.25, 0.3) is 0 Å². The lowest BCUT2D eigenvalue weighted by molar-refractivity contribution is 0.207. The van der Waals surface area contributed by atoms with Gasteiger partial charge in [-0.1, -0.05) is 12.8 Å². The quantitative estimate of drug-likeness (QED) is 0.688. The van der Waals surface area contributed by atoms with Crippen molar-refractivity contribution in [1.29, 1.82) is 0 Å². The number of nitrogens with zero attached hydrogens (tertiary/aromatic N) is 1. The van der Waals surface area contributed by atoms with Gasteiger partial charge in [0, 0.05) is 38.8 Å². The summed E-state index contributed by atoms with van der Waals surface area (Å²) in [5.41, 5.74) is 6.25. The first kappa shape index (κ1) is 10.4. The van der Waals surface area contributed by atoms with Crippen LogP contribution in [0.25, 0.3) is 0 Å². The Morgan fingerprint density at radius 3 is 2.50 bits per heavy atom. The monoisotopic (exact) mass is 197 g/mol. The van der Waals surface area contributed by atoms with Crippen LogP contribution in [0.2, 0.25) is 0 Å². The number of nitrogens with two attached hydrogens (primary N) is 1. The Morgan fingerprint density at radius 1 is 1.21 bits per heavy atom. The van der Waals surface area contributed by atoms with Crippen molar-refractivity contribution in [1.82, 2.24) is 10.2 Å². The predicted molar refractivity (Wildman–Crippen MR) is 59.2 cm³/mol. The number of hydrogen-bond acceptors (Lipinski definition) is 3. The molecular weight excluding hydrogens is 174 g/mol. The fraction of sp³-hybridized carbons (Fsp3) is 1.00. The average molecular weight is 197 g/mol. The highest BCUT2D eigenvalue weighted by Gasteiger charge is 2.24. The van der Waals surface area contributed by atoms with Gasteiger partial charge in [-0.25, -0.2) is 0 Å². The molecule has 2 rings (SSSR count). The smallest absolute Gasteiger partial charge is 0.0196 e. The highest BCUT2D eigenvalue weighted by molar-refractivity contribution is 4.81. The van der Waals surface area contributed by atoms with Gasteiger partial charge in [0.05, 0.1) is 0 Å². The molecule has 3 heteroatoms. The van der Waals surface area contributed by atoms with E-state index < -0.39 is 0 Å². The molecule has 0 radical (unpaired) electrons. The molecule has 0 aromatic heterocycles. The molecule has 0 aromatic carbocycles. The molecule has 1 heterocycles. The van der Waals surface area contributed by atoms with Crippen molar-refractivity contribution in [2.45, 2.75) is 31.7 Å². The molecule has 3 N–H and O–H groups in total. The summed E-state index contributed by atoms with van der Waals surface area (Å²) in [6.07, 6.45) is 5.54. The van der Waals surface area contributed by atoms with Crippen LogP contribution in [-0.4, -0.2) is 43.7 Å². The highest BCUT2D eigenvalue weighted by Crippen LogP contribution is 2.27. The fourth-order valence-electron chi connectivity index (χ4n) is 2.73. The van der Waals surface area contributed by atoms with E-state index in [1.54, 1.807) is 0 Å². The second-order valence-electron chi connectivity index (χ2n) is 4.76. The SMILES string of the molecule is NC(CN1CCNCC1)C1CCCC1. The maximum Gasteiger partial charge on any atom is 0.0196 e. The van der Waals surface area contributed by atoms with Crippen molar-refractivity contribution >= 4 is 0 Å². The van der Waals surface area contributed by atoms with E-state index in [-0.39, 0.29) is 0 Å². The summed E-state index contributed by atoms with van der Waals surface area (Å²) in [5, 5.41) is 3.38. The van der Waals surface area contributed by atoms with Gasteiger partial charge in [0.1, 0.15) is 0 Å². The molecule has 1 atom stereocenters. The molecule has 2 aliphatic rings. The van der Waals surface area contributed by atoms with E-state index in [0.717, 1.165) is 25.6 Å². The van der Waals surface area contributed by atoms with Crippen molar-refractivity contribution in [3.05, 3.63) is 0 Å². The van der Waals surface area contributed by atoms with Crippen LogP contribution in [-0.2, 0) is 0 Å². The molecule has 1 saturated heterocycles.